The molecule has 0 aromatic heterocycles. The quantitative estimate of drug-likeness (QED) is 0.837. The Morgan fingerprint density at radius 1 is 0.789 bits per heavy atom. The van der Waals surface area contributed by atoms with E-state index in [9.17, 15) is 0 Å². The predicted molar refractivity (Wildman–Crippen MR) is 81.3 cm³/mol. The van der Waals surface area contributed by atoms with Gasteiger partial charge in [0.1, 0.15) is 0 Å². The summed E-state index contributed by atoms with van der Waals surface area (Å²) in [6.45, 7) is 7.49. The Hall–Kier alpha value is -0.0800. The van der Waals surface area contributed by atoms with Crippen molar-refractivity contribution < 1.29 is 0 Å². The molecule has 0 unspecified atom stereocenters. The molecule has 3 rings (SSSR count). The molecular formula is C17H32N2. The van der Waals surface area contributed by atoms with Gasteiger partial charge in [-0.3, -0.25) is 0 Å². The second kappa shape index (κ2) is 6.13. The van der Waals surface area contributed by atoms with E-state index >= 15 is 0 Å². The van der Waals surface area contributed by atoms with Gasteiger partial charge in [0.2, 0.25) is 0 Å². The lowest BCUT2D eigenvalue weighted by molar-refractivity contribution is 0.166. The number of nitrogens with zero attached hydrogens (tertiary/aromatic N) is 1. The first-order valence-corrected chi connectivity index (χ1v) is 8.72. The molecule has 1 saturated heterocycles. The summed E-state index contributed by atoms with van der Waals surface area (Å²) in [5.74, 6) is 1.89. The van der Waals surface area contributed by atoms with E-state index in [1.54, 1.807) is 0 Å². The minimum absolute atomic E-state index is 0.815. The van der Waals surface area contributed by atoms with Gasteiger partial charge in [-0.25, -0.2) is 0 Å². The third-order valence-corrected chi connectivity index (χ3v) is 5.78. The molecule has 19 heavy (non-hydrogen) atoms. The van der Waals surface area contributed by atoms with Gasteiger partial charge in [0, 0.05) is 18.1 Å². The number of rotatable bonds is 4. The van der Waals surface area contributed by atoms with Gasteiger partial charge in [-0.2, -0.15) is 0 Å². The van der Waals surface area contributed by atoms with Crippen molar-refractivity contribution in [3.8, 4) is 0 Å². The first-order valence-electron chi connectivity index (χ1n) is 8.72. The van der Waals surface area contributed by atoms with Crippen LogP contribution >= 0.6 is 0 Å². The number of hydrogen-bond donors (Lipinski definition) is 1. The molecule has 110 valence electrons. The average molecular weight is 264 g/mol. The summed E-state index contributed by atoms with van der Waals surface area (Å²) < 4.78 is 0. The van der Waals surface area contributed by atoms with Crippen molar-refractivity contribution in [1.29, 1.82) is 0 Å². The van der Waals surface area contributed by atoms with Gasteiger partial charge >= 0.3 is 0 Å². The molecule has 2 aliphatic carbocycles. The van der Waals surface area contributed by atoms with E-state index in [2.05, 4.69) is 24.1 Å². The van der Waals surface area contributed by atoms with E-state index in [0.29, 0.717) is 0 Å². The van der Waals surface area contributed by atoms with E-state index in [1.807, 2.05) is 0 Å². The highest BCUT2D eigenvalue weighted by Crippen LogP contribution is 2.32. The zero-order valence-corrected chi connectivity index (χ0v) is 12.9. The van der Waals surface area contributed by atoms with Crippen molar-refractivity contribution in [2.75, 3.05) is 13.1 Å². The SMILES string of the molecule is CC(C)C1CCC(NC2CCN(C3CC3)CC2)CC1. The maximum atomic E-state index is 3.97. The molecule has 0 amide bonds. The van der Waals surface area contributed by atoms with Crippen LogP contribution in [0.1, 0.15) is 65.2 Å². The summed E-state index contributed by atoms with van der Waals surface area (Å²) in [6, 6.07) is 2.62. The normalized spacial score (nSPS) is 34.9. The van der Waals surface area contributed by atoms with E-state index in [1.165, 1.54) is 64.5 Å². The summed E-state index contributed by atoms with van der Waals surface area (Å²) in [7, 11) is 0. The van der Waals surface area contributed by atoms with E-state index in [-0.39, 0.29) is 0 Å². The largest absolute Gasteiger partial charge is 0.311 e. The molecule has 3 aliphatic rings. The van der Waals surface area contributed by atoms with Gasteiger partial charge in [-0.15, -0.1) is 0 Å². The number of piperidine rings is 1. The lowest BCUT2D eigenvalue weighted by Gasteiger charge is -2.37. The molecule has 2 nitrogen and oxygen atoms in total. The van der Waals surface area contributed by atoms with Gasteiger partial charge in [0.05, 0.1) is 0 Å². The molecule has 0 atom stereocenters. The van der Waals surface area contributed by atoms with E-state index < -0.39 is 0 Å². The number of hydrogen-bond acceptors (Lipinski definition) is 2. The van der Waals surface area contributed by atoms with Crippen LogP contribution in [-0.2, 0) is 0 Å². The van der Waals surface area contributed by atoms with Gasteiger partial charge in [0.15, 0.2) is 0 Å². The Morgan fingerprint density at radius 3 is 1.89 bits per heavy atom. The number of nitrogens with one attached hydrogen (secondary N) is 1. The van der Waals surface area contributed by atoms with E-state index in [0.717, 1.165) is 30.0 Å². The zero-order valence-electron chi connectivity index (χ0n) is 12.9. The second-order valence-corrected chi connectivity index (χ2v) is 7.56. The second-order valence-electron chi connectivity index (χ2n) is 7.56. The molecular weight excluding hydrogens is 232 g/mol. The minimum atomic E-state index is 0.815. The van der Waals surface area contributed by atoms with Crippen molar-refractivity contribution in [2.24, 2.45) is 11.8 Å². The lowest BCUT2D eigenvalue weighted by atomic mass is 9.79. The van der Waals surface area contributed by atoms with Gasteiger partial charge in [-0.05, 0) is 76.3 Å². The summed E-state index contributed by atoms with van der Waals surface area (Å²) in [6.07, 6.45) is 11.5. The fourth-order valence-corrected chi connectivity index (χ4v) is 4.16. The fraction of sp³-hybridized carbons (Fsp3) is 1.00. The molecule has 0 radical (unpaired) electrons. The van der Waals surface area contributed by atoms with Crippen LogP contribution in [0.15, 0.2) is 0 Å². The topological polar surface area (TPSA) is 15.3 Å². The van der Waals surface area contributed by atoms with Crippen LogP contribution < -0.4 is 5.32 Å². The molecule has 2 heteroatoms. The Balaban J connectivity index is 1.36. The Labute approximate surface area is 119 Å². The summed E-state index contributed by atoms with van der Waals surface area (Å²) in [5.41, 5.74) is 0. The molecule has 1 heterocycles. The maximum Gasteiger partial charge on any atom is 0.00964 e. The molecule has 3 fully saturated rings. The summed E-state index contributed by atoms with van der Waals surface area (Å²) in [5, 5.41) is 3.97. The highest BCUT2D eigenvalue weighted by atomic mass is 15.2. The standard InChI is InChI=1S/C17H32N2/c1-13(2)14-3-5-15(6-4-14)18-16-9-11-19(12-10-16)17-7-8-17/h13-18H,3-12H2,1-2H3. The highest BCUT2D eigenvalue weighted by molar-refractivity contribution is 4.90. The van der Waals surface area contributed by atoms with Crippen LogP contribution in [0.3, 0.4) is 0 Å². The van der Waals surface area contributed by atoms with Crippen LogP contribution in [0.25, 0.3) is 0 Å². The Bertz CT molecular complexity index is 249. The van der Waals surface area contributed by atoms with Crippen molar-refractivity contribution in [2.45, 2.75) is 83.3 Å². The van der Waals surface area contributed by atoms with Crippen molar-refractivity contribution in [3.05, 3.63) is 0 Å². The maximum absolute atomic E-state index is 3.97. The first kappa shape index (κ1) is 13.9. The molecule has 0 aromatic carbocycles. The van der Waals surface area contributed by atoms with Crippen LogP contribution in [0.5, 0.6) is 0 Å². The van der Waals surface area contributed by atoms with E-state index in [4.69, 9.17) is 0 Å². The summed E-state index contributed by atoms with van der Waals surface area (Å²) >= 11 is 0. The van der Waals surface area contributed by atoms with Gasteiger partial charge < -0.3 is 10.2 Å². The van der Waals surface area contributed by atoms with Crippen molar-refractivity contribution >= 4 is 0 Å². The Kier molecular flexibility index (Phi) is 4.48. The smallest absolute Gasteiger partial charge is 0.00964 e. The molecule has 0 bridgehead atoms. The minimum Gasteiger partial charge on any atom is -0.311 e. The average Bonchev–Trinajstić information content (AvgIpc) is 3.25. The lowest BCUT2D eigenvalue weighted by Crippen LogP contribution is -2.47. The van der Waals surface area contributed by atoms with Crippen LogP contribution in [0.4, 0.5) is 0 Å². The highest BCUT2D eigenvalue weighted by Gasteiger charge is 2.32. The number of likely N-dealkylation sites (tertiary alicyclic amines) is 1. The van der Waals surface area contributed by atoms with Gasteiger partial charge in [0.25, 0.3) is 0 Å². The third kappa shape index (κ3) is 3.72. The Morgan fingerprint density at radius 2 is 1.37 bits per heavy atom. The molecule has 0 spiro atoms. The van der Waals surface area contributed by atoms with Crippen LogP contribution in [0, 0.1) is 11.8 Å². The van der Waals surface area contributed by atoms with Crippen LogP contribution in [-0.4, -0.2) is 36.1 Å². The van der Waals surface area contributed by atoms with Crippen molar-refractivity contribution in [1.82, 2.24) is 10.2 Å². The predicted octanol–water partition coefficient (Wildman–Crippen LogP) is 3.42. The van der Waals surface area contributed by atoms with Gasteiger partial charge in [-0.1, -0.05) is 13.8 Å². The van der Waals surface area contributed by atoms with Crippen LogP contribution in [0.2, 0.25) is 0 Å². The molecule has 1 aliphatic heterocycles. The van der Waals surface area contributed by atoms with Crippen molar-refractivity contribution in [3.63, 3.8) is 0 Å². The monoisotopic (exact) mass is 264 g/mol. The molecule has 0 aromatic rings. The molecule has 1 N–H and O–H groups in total. The first-order chi connectivity index (χ1) is 9.22. The third-order valence-electron chi connectivity index (χ3n) is 5.78. The fourth-order valence-electron chi connectivity index (χ4n) is 4.16. The summed E-state index contributed by atoms with van der Waals surface area (Å²) in [4.78, 5) is 2.73. The molecule has 2 saturated carbocycles. The zero-order chi connectivity index (χ0) is 13.2.